The number of fused-ring (bicyclic) bond motifs is 1. The third-order valence-corrected chi connectivity index (χ3v) is 3.77. The average molecular weight is 323 g/mol. The van der Waals surface area contributed by atoms with E-state index in [0.29, 0.717) is 22.3 Å². The van der Waals surface area contributed by atoms with Gasteiger partial charge >= 0.3 is 0 Å². The van der Waals surface area contributed by atoms with Crippen molar-refractivity contribution < 1.29 is 0 Å². The summed E-state index contributed by atoms with van der Waals surface area (Å²) in [5, 5.41) is 3.61. The predicted octanol–water partition coefficient (Wildman–Crippen LogP) is 3.41. The predicted molar refractivity (Wildman–Crippen MR) is 89.5 cm³/mol. The molecule has 1 N–H and O–H groups in total. The van der Waals surface area contributed by atoms with Gasteiger partial charge in [0.2, 0.25) is 0 Å². The van der Waals surface area contributed by atoms with Crippen molar-refractivity contribution in [3.63, 3.8) is 0 Å². The number of hydrogen-bond donors (Lipinski definition) is 1. The summed E-state index contributed by atoms with van der Waals surface area (Å²) in [5.74, 6) is 0.935. The number of aromatic nitrogens is 4. The molecule has 0 fully saturated rings. The molecule has 0 bridgehead atoms. The molecule has 0 radical (unpaired) electrons. The Morgan fingerprint density at radius 2 is 1.65 bits per heavy atom. The molecular formula is C17H11ClN4O. The van der Waals surface area contributed by atoms with E-state index in [1.54, 1.807) is 12.1 Å². The maximum absolute atomic E-state index is 12.3. The Labute approximate surface area is 136 Å². The maximum atomic E-state index is 12.3. The number of nitrogens with zero attached hydrogens (tertiary/aromatic N) is 3. The number of benzene rings is 2. The largest absolute Gasteiger partial charge is 0.274 e. The first kappa shape index (κ1) is 13.7. The van der Waals surface area contributed by atoms with Gasteiger partial charge in [0.05, 0.1) is 5.69 Å². The first-order chi connectivity index (χ1) is 11.2. The molecule has 112 valence electrons. The summed E-state index contributed by atoms with van der Waals surface area (Å²) in [6.07, 6.45) is 0. The second kappa shape index (κ2) is 5.37. The Hall–Kier alpha value is -2.92. The van der Waals surface area contributed by atoms with Crippen LogP contribution in [0, 0.1) is 0 Å². The highest BCUT2D eigenvalue weighted by atomic mass is 35.5. The lowest BCUT2D eigenvalue weighted by molar-refractivity contribution is 0.904. The Morgan fingerprint density at radius 3 is 2.39 bits per heavy atom. The molecule has 0 unspecified atom stereocenters. The molecule has 0 atom stereocenters. The van der Waals surface area contributed by atoms with Gasteiger partial charge in [0.1, 0.15) is 0 Å². The minimum absolute atomic E-state index is 0.213. The number of hydrogen-bond acceptors (Lipinski definition) is 3. The van der Waals surface area contributed by atoms with Crippen molar-refractivity contribution in [2.24, 2.45) is 0 Å². The van der Waals surface area contributed by atoms with Gasteiger partial charge in [0.15, 0.2) is 5.82 Å². The highest BCUT2D eigenvalue weighted by molar-refractivity contribution is 6.30. The standard InChI is InChI=1S/C17H11ClN4O/c18-13-8-6-11(7-9-13)14-10-15(23)22-17(19-14)20-16(21-22)12-4-2-1-3-5-12/h1-10H,(H,19,20,21). The van der Waals surface area contributed by atoms with Crippen molar-refractivity contribution in [1.82, 2.24) is 19.6 Å². The second-order valence-electron chi connectivity index (χ2n) is 5.06. The zero-order valence-corrected chi connectivity index (χ0v) is 12.7. The minimum Gasteiger partial charge on any atom is -0.271 e. The van der Waals surface area contributed by atoms with Crippen molar-refractivity contribution >= 4 is 17.4 Å². The van der Waals surface area contributed by atoms with Gasteiger partial charge in [-0.2, -0.15) is 9.50 Å². The van der Waals surface area contributed by atoms with Gasteiger partial charge in [-0.15, -0.1) is 0 Å². The van der Waals surface area contributed by atoms with Gasteiger partial charge in [-0.05, 0) is 12.1 Å². The molecule has 23 heavy (non-hydrogen) atoms. The molecule has 0 aliphatic rings. The van der Waals surface area contributed by atoms with Crippen LogP contribution in [0.2, 0.25) is 5.02 Å². The molecule has 2 aromatic heterocycles. The molecule has 0 amide bonds. The van der Waals surface area contributed by atoms with E-state index in [1.807, 2.05) is 42.5 Å². The molecule has 6 heteroatoms. The average Bonchev–Trinajstić information content (AvgIpc) is 3.01. The third kappa shape index (κ3) is 2.51. The highest BCUT2D eigenvalue weighted by Gasteiger charge is 2.10. The van der Waals surface area contributed by atoms with E-state index in [4.69, 9.17) is 11.6 Å². The van der Waals surface area contributed by atoms with Crippen LogP contribution in [-0.4, -0.2) is 19.6 Å². The molecule has 2 heterocycles. The quantitative estimate of drug-likeness (QED) is 0.615. The summed E-state index contributed by atoms with van der Waals surface area (Å²) in [5.41, 5.74) is 2.07. The summed E-state index contributed by atoms with van der Waals surface area (Å²) in [4.78, 5) is 21.2. The van der Waals surface area contributed by atoms with Gasteiger partial charge in [0.25, 0.3) is 11.3 Å². The highest BCUT2D eigenvalue weighted by Crippen LogP contribution is 2.20. The van der Waals surface area contributed by atoms with Crippen LogP contribution in [0.25, 0.3) is 28.4 Å². The number of halogens is 1. The Morgan fingerprint density at radius 1 is 0.913 bits per heavy atom. The van der Waals surface area contributed by atoms with Crippen molar-refractivity contribution in [2.75, 3.05) is 0 Å². The van der Waals surface area contributed by atoms with Gasteiger partial charge < -0.3 is 0 Å². The molecule has 5 nitrogen and oxygen atoms in total. The monoisotopic (exact) mass is 322 g/mol. The molecule has 0 aliphatic carbocycles. The fourth-order valence-corrected chi connectivity index (χ4v) is 2.50. The van der Waals surface area contributed by atoms with E-state index in [-0.39, 0.29) is 5.56 Å². The molecule has 0 aliphatic heterocycles. The SMILES string of the molecule is O=c1cc(-c2ccc(Cl)cc2)nc2nc(-c3ccccc3)[nH]n12. The summed E-state index contributed by atoms with van der Waals surface area (Å²) in [7, 11) is 0. The number of aromatic amines is 1. The molecular weight excluding hydrogens is 312 g/mol. The Kier molecular flexibility index (Phi) is 3.20. The minimum atomic E-state index is -0.213. The summed E-state index contributed by atoms with van der Waals surface area (Å²) in [6, 6.07) is 18.2. The fourth-order valence-electron chi connectivity index (χ4n) is 2.37. The van der Waals surface area contributed by atoms with Crippen LogP contribution in [0.4, 0.5) is 0 Å². The third-order valence-electron chi connectivity index (χ3n) is 3.52. The first-order valence-corrected chi connectivity index (χ1v) is 7.40. The van der Waals surface area contributed by atoms with E-state index in [2.05, 4.69) is 15.1 Å². The van der Waals surface area contributed by atoms with Crippen LogP contribution in [-0.2, 0) is 0 Å². The maximum Gasteiger partial charge on any atom is 0.274 e. The second-order valence-corrected chi connectivity index (χ2v) is 5.50. The zero-order valence-electron chi connectivity index (χ0n) is 11.9. The summed E-state index contributed by atoms with van der Waals surface area (Å²) < 4.78 is 1.34. The van der Waals surface area contributed by atoms with Crippen LogP contribution in [0.1, 0.15) is 0 Å². The zero-order chi connectivity index (χ0) is 15.8. The van der Waals surface area contributed by atoms with Crippen molar-refractivity contribution in [3.8, 4) is 22.6 Å². The normalized spacial score (nSPS) is 11.0. The molecule has 0 saturated carbocycles. The Bertz CT molecular complexity index is 1040. The van der Waals surface area contributed by atoms with Gasteiger partial charge in [-0.25, -0.2) is 4.98 Å². The van der Waals surface area contributed by atoms with E-state index >= 15 is 0 Å². The Balaban J connectivity index is 1.87. The van der Waals surface area contributed by atoms with Crippen LogP contribution in [0.5, 0.6) is 0 Å². The fraction of sp³-hybridized carbons (Fsp3) is 0. The van der Waals surface area contributed by atoms with E-state index in [1.165, 1.54) is 10.6 Å². The molecule has 0 spiro atoms. The van der Waals surface area contributed by atoms with Crippen molar-refractivity contribution in [3.05, 3.63) is 76.0 Å². The van der Waals surface area contributed by atoms with Crippen molar-refractivity contribution in [2.45, 2.75) is 0 Å². The van der Waals surface area contributed by atoms with Crippen LogP contribution < -0.4 is 5.56 Å². The summed E-state index contributed by atoms with van der Waals surface area (Å²) in [6.45, 7) is 0. The smallest absolute Gasteiger partial charge is 0.271 e. The van der Waals surface area contributed by atoms with Crippen LogP contribution in [0.3, 0.4) is 0 Å². The lowest BCUT2D eigenvalue weighted by Crippen LogP contribution is -2.14. The topological polar surface area (TPSA) is 63.0 Å². The van der Waals surface area contributed by atoms with Crippen LogP contribution >= 0.6 is 11.6 Å². The summed E-state index contributed by atoms with van der Waals surface area (Å²) >= 11 is 5.89. The van der Waals surface area contributed by atoms with E-state index in [9.17, 15) is 4.79 Å². The van der Waals surface area contributed by atoms with Crippen molar-refractivity contribution in [1.29, 1.82) is 0 Å². The number of rotatable bonds is 2. The van der Waals surface area contributed by atoms with E-state index < -0.39 is 0 Å². The van der Waals surface area contributed by atoms with Gasteiger partial charge in [-0.1, -0.05) is 54.1 Å². The molecule has 4 rings (SSSR count). The lowest BCUT2D eigenvalue weighted by Gasteiger charge is -2.00. The number of nitrogens with one attached hydrogen (secondary N) is 1. The molecule has 4 aromatic rings. The first-order valence-electron chi connectivity index (χ1n) is 7.02. The van der Waals surface area contributed by atoms with Gasteiger partial charge in [-0.3, -0.25) is 9.89 Å². The lowest BCUT2D eigenvalue weighted by atomic mass is 10.1. The molecule has 2 aromatic carbocycles. The van der Waals surface area contributed by atoms with E-state index in [0.717, 1.165) is 11.1 Å². The van der Waals surface area contributed by atoms with Crippen LogP contribution in [0.15, 0.2) is 65.5 Å². The van der Waals surface area contributed by atoms with Gasteiger partial charge in [0, 0.05) is 22.2 Å². The number of H-pyrrole nitrogens is 1. The molecule has 0 saturated heterocycles.